The highest BCUT2D eigenvalue weighted by atomic mass is 32.1. The molecule has 74 valence electrons. The maximum Gasteiger partial charge on any atom is 0.185 e. The van der Waals surface area contributed by atoms with Crippen LogP contribution in [0.4, 0.5) is 5.13 Å². The van der Waals surface area contributed by atoms with Crippen LogP contribution >= 0.6 is 11.3 Å². The lowest BCUT2D eigenvalue weighted by atomic mass is 9.93. The fourth-order valence-electron chi connectivity index (χ4n) is 0.919. The van der Waals surface area contributed by atoms with E-state index in [0.717, 1.165) is 11.7 Å². The first-order valence-electron chi connectivity index (χ1n) is 4.62. The van der Waals surface area contributed by atoms with Crippen LogP contribution < -0.4 is 4.90 Å². The van der Waals surface area contributed by atoms with Crippen molar-refractivity contribution in [2.24, 2.45) is 0 Å². The summed E-state index contributed by atoms with van der Waals surface area (Å²) in [6, 6.07) is 0. The molecule has 1 rings (SSSR count). The zero-order chi connectivity index (χ0) is 10.1. The van der Waals surface area contributed by atoms with E-state index in [4.69, 9.17) is 0 Å². The minimum atomic E-state index is 0.170. The summed E-state index contributed by atoms with van der Waals surface area (Å²) >= 11 is 1.72. The molecule has 2 nitrogen and oxygen atoms in total. The van der Waals surface area contributed by atoms with Gasteiger partial charge in [0.15, 0.2) is 5.13 Å². The van der Waals surface area contributed by atoms with Crippen molar-refractivity contribution < 1.29 is 0 Å². The molecule has 0 amide bonds. The van der Waals surface area contributed by atoms with Gasteiger partial charge in [0.25, 0.3) is 0 Å². The summed E-state index contributed by atoms with van der Waals surface area (Å²) in [5.74, 6) is 0. The van der Waals surface area contributed by atoms with Gasteiger partial charge in [-0.2, -0.15) is 0 Å². The SMILES string of the molecule is CCN(C)c1nc(C(C)(C)C)cs1. The van der Waals surface area contributed by atoms with Crippen LogP contribution in [-0.4, -0.2) is 18.6 Å². The van der Waals surface area contributed by atoms with Crippen molar-refractivity contribution in [3.05, 3.63) is 11.1 Å². The molecule has 0 unspecified atom stereocenters. The lowest BCUT2D eigenvalue weighted by Crippen LogP contribution is -2.17. The monoisotopic (exact) mass is 198 g/mol. The van der Waals surface area contributed by atoms with Gasteiger partial charge in [0.1, 0.15) is 0 Å². The summed E-state index contributed by atoms with van der Waals surface area (Å²) in [5, 5.41) is 3.27. The van der Waals surface area contributed by atoms with Gasteiger partial charge < -0.3 is 4.90 Å². The summed E-state index contributed by atoms with van der Waals surface area (Å²) in [7, 11) is 2.07. The van der Waals surface area contributed by atoms with E-state index >= 15 is 0 Å². The lowest BCUT2D eigenvalue weighted by molar-refractivity contribution is 0.573. The minimum absolute atomic E-state index is 0.170. The van der Waals surface area contributed by atoms with Gasteiger partial charge in [-0.3, -0.25) is 0 Å². The van der Waals surface area contributed by atoms with Gasteiger partial charge in [-0.25, -0.2) is 4.98 Å². The van der Waals surface area contributed by atoms with Crippen LogP contribution in [0.25, 0.3) is 0 Å². The van der Waals surface area contributed by atoms with E-state index < -0.39 is 0 Å². The number of rotatable bonds is 2. The molecule has 0 spiro atoms. The third kappa shape index (κ3) is 2.44. The molecule has 0 aromatic carbocycles. The number of aromatic nitrogens is 1. The van der Waals surface area contributed by atoms with E-state index in [9.17, 15) is 0 Å². The zero-order valence-corrected chi connectivity index (χ0v) is 9.90. The maximum atomic E-state index is 4.60. The molecule has 0 radical (unpaired) electrons. The van der Waals surface area contributed by atoms with Crippen molar-refractivity contribution in [1.29, 1.82) is 0 Å². The van der Waals surface area contributed by atoms with Crippen LogP contribution in [0, 0.1) is 0 Å². The Labute approximate surface area is 84.6 Å². The minimum Gasteiger partial charge on any atom is -0.351 e. The molecule has 0 aliphatic carbocycles. The standard InChI is InChI=1S/C10H18N2S/c1-6-12(5)9-11-8(7-13-9)10(2,3)4/h7H,6H2,1-5H3. The summed E-state index contributed by atoms with van der Waals surface area (Å²) in [6.45, 7) is 9.72. The van der Waals surface area contributed by atoms with Crippen LogP contribution in [0.5, 0.6) is 0 Å². The van der Waals surface area contributed by atoms with Gasteiger partial charge in [-0.1, -0.05) is 20.8 Å². The van der Waals surface area contributed by atoms with E-state index in [1.807, 2.05) is 0 Å². The number of hydrogen-bond donors (Lipinski definition) is 0. The average molecular weight is 198 g/mol. The van der Waals surface area contributed by atoms with Crippen molar-refractivity contribution in [3.8, 4) is 0 Å². The molecule has 1 heterocycles. The summed E-state index contributed by atoms with van der Waals surface area (Å²) in [6.07, 6.45) is 0. The second kappa shape index (κ2) is 3.66. The van der Waals surface area contributed by atoms with E-state index in [1.165, 1.54) is 5.69 Å². The fraction of sp³-hybridized carbons (Fsp3) is 0.700. The lowest BCUT2D eigenvalue weighted by Gasteiger charge is -2.15. The third-order valence-electron chi connectivity index (χ3n) is 2.06. The normalized spacial score (nSPS) is 11.8. The van der Waals surface area contributed by atoms with E-state index in [2.05, 4.69) is 50.0 Å². The summed E-state index contributed by atoms with van der Waals surface area (Å²) < 4.78 is 0. The molecule has 0 bridgehead atoms. The first-order valence-corrected chi connectivity index (χ1v) is 5.50. The Morgan fingerprint density at radius 1 is 1.46 bits per heavy atom. The molecule has 0 N–H and O–H groups in total. The summed E-state index contributed by atoms with van der Waals surface area (Å²) in [4.78, 5) is 6.76. The molecule has 0 saturated carbocycles. The fourth-order valence-corrected chi connectivity index (χ4v) is 2.00. The first kappa shape index (κ1) is 10.5. The van der Waals surface area contributed by atoms with Gasteiger partial charge in [0.2, 0.25) is 0 Å². The van der Waals surface area contributed by atoms with Gasteiger partial charge in [-0.15, -0.1) is 11.3 Å². The van der Waals surface area contributed by atoms with Crippen molar-refractivity contribution in [1.82, 2.24) is 4.98 Å². The van der Waals surface area contributed by atoms with Crippen molar-refractivity contribution in [2.75, 3.05) is 18.5 Å². The largest absolute Gasteiger partial charge is 0.351 e. The Bertz CT molecular complexity index is 273. The number of nitrogens with zero attached hydrogens (tertiary/aromatic N) is 2. The zero-order valence-electron chi connectivity index (χ0n) is 9.09. The molecule has 0 atom stereocenters. The molecule has 0 fully saturated rings. The Morgan fingerprint density at radius 2 is 2.08 bits per heavy atom. The van der Waals surface area contributed by atoms with Gasteiger partial charge in [0, 0.05) is 24.4 Å². The first-order chi connectivity index (χ1) is 5.95. The number of anilines is 1. The molecule has 13 heavy (non-hydrogen) atoms. The van der Waals surface area contributed by atoms with Crippen LogP contribution in [0.3, 0.4) is 0 Å². The van der Waals surface area contributed by atoms with Crippen LogP contribution in [0.1, 0.15) is 33.4 Å². The van der Waals surface area contributed by atoms with Crippen LogP contribution in [-0.2, 0) is 5.41 Å². The Morgan fingerprint density at radius 3 is 2.46 bits per heavy atom. The highest BCUT2D eigenvalue weighted by molar-refractivity contribution is 7.13. The Kier molecular flexibility index (Phi) is 2.96. The molecule has 1 aromatic rings. The van der Waals surface area contributed by atoms with E-state index in [1.54, 1.807) is 11.3 Å². The van der Waals surface area contributed by atoms with Crippen molar-refractivity contribution in [2.45, 2.75) is 33.1 Å². The van der Waals surface area contributed by atoms with Crippen molar-refractivity contribution in [3.63, 3.8) is 0 Å². The predicted octanol–water partition coefficient (Wildman–Crippen LogP) is 2.90. The predicted molar refractivity (Wildman–Crippen MR) is 59.8 cm³/mol. The second-order valence-corrected chi connectivity index (χ2v) is 5.12. The number of thiazole rings is 1. The highest BCUT2D eigenvalue weighted by Crippen LogP contribution is 2.27. The van der Waals surface area contributed by atoms with Gasteiger partial charge in [0.05, 0.1) is 5.69 Å². The molecular formula is C10H18N2S. The molecule has 1 aromatic heterocycles. The molecule has 0 aliphatic heterocycles. The number of hydrogen-bond acceptors (Lipinski definition) is 3. The van der Waals surface area contributed by atoms with Crippen LogP contribution in [0.15, 0.2) is 5.38 Å². The Balaban J connectivity index is 2.87. The summed E-state index contributed by atoms with van der Waals surface area (Å²) in [5.41, 5.74) is 1.36. The smallest absolute Gasteiger partial charge is 0.185 e. The molecular weight excluding hydrogens is 180 g/mol. The average Bonchev–Trinajstić information content (AvgIpc) is 2.50. The third-order valence-corrected chi connectivity index (χ3v) is 3.02. The van der Waals surface area contributed by atoms with Gasteiger partial charge >= 0.3 is 0 Å². The molecule has 3 heteroatoms. The maximum absolute atomic E-state index is 4.60. The van der Waals surface area contributed by atoms with Crippen LogP contribution in [0.2, 0.25) is 0 Å². The highest BCUT2D eigenvalue weighted by Gasteiger charge is 2.17. The topological polar surface area (TPSA) is 16.1 Å². The second-order valence-electron chi connectivity index (χ2n) is 4.28. The van der Waals surface area contributed by atoms with E-state index in [-0.39, 0.29) is 5.41 Å². The molecule has 0 aliphatic rings. The van der Waals surface area contributed by atoms with E-state index in [0.29, 0.717) is 0 Å². The molecule has 0 saturated heterocycles. The van der Waals surface area contributed by atoms with Crippen molar-refractivity contribution >= 4 is 16.5 Å². The van der Waals surface area contributed by atoms with Gasteiger partial charge in [-0.05, 0) is 6.92 Å². The quantitative estimate of drug-likeness (QED) is 0.726. The Hall–Kier alpha value is -0.570.